The van der Waals surface area contributed by atoms with E-state index < -0.39 is 12.2 Å². The van der Waals surface area contributed by atoms with Crippen molar-refractivity contribution in [3.8, 4) is 0 Å². The van der Waals surface area contributed by atoms with Crippen LogP contribution in [0.5, 0.6) is 0 Å². The van der Waals surface area contributed by atoms with Gasteiger partial charge in [-0.05, 0) is 19.1 Å². The number of carbonyl (C=O) groups is 2. The molecule has 1 heterocycles. The van der Waals surface area contributed by atoms with E-state index in [1.807, 2.05) is 6.92 Å². The zero-order chi connectivity index (χ0) is 16.2. The van der Waals surface area contributed by atoms with E-state index in [4.69, 9.17) is 14.6 Å². The molecule has 1 aromatic rings. The van der Waals surface area contributed by atoms with Gasteiger partial charge in [0.05, 0.1) is 13.2 Å². The molecule has 0 aliphatic carbocycles. The molecule has 122 valence electrons. The predicted molar refractivity (Wildman–Crippen MR) is 77.8 cm³/mol. The first-order chi connectivity index (χ1) is 10.7. The smallest absolute Gasteiger partial charge is 0.412 e. The van der Waals surface area contributed by atoms with E-state index in [-0.39, 0.29) is 31.5 Å². The quantitative estimate of drug-likeness (QED) is 0.617. The van der Waals surface area contributed by atoms with E-state index in [1.54, 1.807) is 6.07 Å². The molecule has 0 atom stereocenters. The van der Waals surface area contributed by atoms with Crippen molar-refractivity contribution in [2.24, 2.45) is 0 Å². The van der Waals surface area contributed by atoms with Crippen LogP contribution in [0.1, 0.15) is 6.92 Å². The van der Waals surface area contributed by atoms with E-state index in [0.717, 1.165) is 0 Å². The molecule has 0 fully saturated rings. The second-order valence-corrected chi connectivity index (χ2v) is 3.85. The lowest BCUT2D eigenvalue weighted by Crippen LogP contribution is -2.19. The maximum absolute atomic E-state index is 11.5. The summed E-state index contributed by atoms with van der Waals surface area (Å²) in [6.45, 7) is 2.45. The van der Waals surface area contributed by atoms with Gasteiger partial charge >= 0.3 is 12.2 Å². The van der Waals surface area contributed by atoms with Gasteiger partial charge in [0.15, 0.2) is 0 Å². The Morgan fingerprint density at radius 3 is 2.23 bits per heavy atom. The van der Waals surface area contributed by atoms with Gasteiger partial charge in [0.2, 0.25) is 0 Å². The van der Waals surface area contributed by atoms with Gasteiger partial charge in [0.1, 0.15) is 24.8 Å². The van der Waals surface area contributed by atoms with Crippen LogP contribution in [0.2, 0.25) is 0 Å². The summed E-state index contributed by atoms with van der Waals surface area (Å²) in [6.07, 6.45) is -1.43. The molecule has 0 bridgehead atoms. The summed E-state index contributed by atoms with van der Waals surface area (Å²) in [5, 5.41) is 13.3. The fourth-order valence-corrected chi connectivity index (χ4v) is 1.33. The maximum atomic E-state index is 11.5. The van der Waals surface area contributed by atoms with E-state index in [0.29, 0.717) is 13.2 Å². The zero-order valence-electron chi connectivity index (χ0n) is 12.2. The summed E-state index contributed by atoms with van der Waals surface area (Å²) in [5.74, 6) is 0.399. The summed E-state index contributed by atoms with van der Waals surface area (Å²) in [7, 11) is 0. The number of nitrogens with zero attached hydrogens (tertiary/aromatic N) is 1. The molecule has 22 heavy (non-hydrogen) atoms. The fraction of sp³-hybridized carbons (Fsp3) is 0.462. The third-order valence-electron chi connectivity index (χ3n) is 2.20. The minimum atomic E-state index is -0.752. The van der Waals surface area contributed by atoms with Crippen LogP contribution >= 0.6 is 0 Å². The maximum Gasteiger partial charge on any atom is 0.412 e. The van der Waals surface area contributed by atoms with Crippen LogP contribution in [-0.4, -0.2) is 55.3 Å². The topological polar surface area (TPSA) is 119 Å². The standard InChI is InChI=1S/C13H19N3O6/c1-2-20-8-9-22-13(19)16-11-5-3-4-10(14-11)15-12(18)21-7-6-17/h3-5,17H,2,6-9H2,1H3,(H2,14,15,16,18,19). The van der Waals surface area contributed by atoms with Crippen molar-refractivity contribution < 1.29 is 28.9 Å². The molecule has 0 saturated carbocycles. The first kappa shape index (κ1) is 17.7. The van der Waals surface area contributed by atoms with Gasteiger partial charge < -0.3 is 19.3 Å². The van der Waals surface area contributed by atoms with E-state index in [2.05, 4.69) is 20.4 Å². The van der Waals surface area contributed by atoms with E-state index >= 15 is 0 Å². The molecule has 1 rings (SSSR count). The molecular formula is C13H19N3O6. The Hall–Kier alpha value is -2.39. The number of aliphatic hydroxyl groups excluding tert-OH is 1. The Morgan fingerprint density at radius 2 is 1.68 bits per heavy atom. The highest BCUT2D eigenvalue weighted by atomic mass is 16.6. The van der Waals surface area contributed by atoms with E-state index in [1.165, 1.54) is 12.1 Å². The van der Waals surface area contributed by atoms with Gasteiger partial charge in [-0.2, -0.15) is 0 Å². The summed E-state index contributed by atoms with van der Waals surface area (Å²) >= 11 is 0. The highest BCUT2D eigenvalue weighted by Gasteiger charge is 2.07. The molecule has 2 amide bonds. The number of aromatic nitrogens is 1. The number of nitrogens with one attached hydrogen (secondary N) is 2. The number of amides is 2. The summed E-state index contributed by atoms with van der Waals surface area (Å²) < 4.78 is 14.5. The lowest BCUT2D eigenvalue weighted by Gasteiger charge is -2.08. The third kappa shape index (κ3) is 7.41. The molecule has 9 heteroatoms. The lowest BCUT2D eigenvalue weighted by molar-refractivity contribution is 0.0849. The SMILES string of the molecule is CCOCCOC(=O)Nc1cccc(NC(=O)OCCO)n1. The van der Waals surface area contributed by atoms with Gasteiger partial charge in [0.25, 0.3) is 0 Å². The second-order valence-electron chi connectivity index (χ2n) is 3.85. The molecule has 0 spiro atoms. The molecule has 1 aromatic heterocycles. The fourth-order valence-electron chi connectivity index (χ4n) is 1.33. The Labute approximate surface area is 127 Å². The van der Waals surface area contributed by atoms with Crippen LogP contribution in [0.4, 0.5) is 21.2 Å². The number of hydrogen-bond donors (Lipinski definition) is 3. The van der Waals surface area contributed by atoms with Crippen molar-refractivity contribution in [1.29, 1.82) is 0 Å². The number of rotatable bonds is 8. The van der Waals surface area contributed by atoms with Gasteiger partial charge in [-0.3, -0.25) is 10.6 Å². The highest BCUT2D eigenvalue weighted by Crippen LogP contribution is 2.09. The molecule has 3 N–H and O–H groups in total. The average molecular weight is 313 g/mol. The monoisotopic (exact) mass is 313 g/mol. The largest absolute Gasteiger partial charge is 0.447 e. The number of ether oxygens (including phenoxy) is 3. The molecular weight excluding hydrogens is 294 g/mol. The van der Waals surface area contributed by atoms with Crippen molar-refractivity contribution >= 4 is 23.8 Å². The van der Waals surface area contributed by atoms with Crippen LogP contribution < -0.4 is 10.6 Å². The van der Waals surface area contributed by atoms with Crippen molar-refractivity contribution in [1.82, 2.24) is 4.98 Å². The summed E-state index contributed by atoms with van der Waals surface area (Å²) in [4.78, 5) is 26.8. The van der Waals surface area contributed by atoms with Crippen LogP contribution in [-0.2, 0) is 14.2 Å². The van der Waals surface area contributed by atoms with Crippen molar-refractivity contribution in [3.63, 3.8) is 0 Å². The molecule has 0 unspecified atom stereocenters. The normalized spacial score (nSPS) is 9.91. The number of anilines is 2. The van der Waals surface area contributed by atoms with Crippen molar-refractivity contribution in [2.75, 3.05) is 43.7 Å². The Bertz CT molecular complexity index is 483. The van der Waals surface area contributed by atoms with Crippen LogP contribution in [0.3, 0.4) is 0 Å². The third-order valence-corrected chi connectivity index (χ3v) is 2.20. The van der Waals surface area contributed by atoms with Gasteiger partial charge in [0, 0.05) is 6.61 Å². The second kappa shape index (κ2) is 10.4. The summed E-state index contributed by atoms with van der Waals surface area (Å²) in [6, 6.07) is 4.64. The first-order valence-electron chi connectivity index (χ1n) is 6.69. The number of carbonyl (C=O) groups excluding carboxylic acids is 2. The zero-order valence-corrected chi connectivity index (χ0v) is 12.2. The van der Waals surface area contributed by atoms with Crippen molar-refractivity contribution in [2.45, 2.75) is 6.92 Å². The molecule has 9 nitrogen and oxygen atoms in total. The lowest BCUT2D eigenvalue weighted by atomic mass is 10.4. The van der Waals surface area contributed by atoms with Gasteiger partial charge in [-0.15, -0.1) is 0 Å². The molecule has 0 aliphatic rings. The van der Waals surface area contributed by atoms with Gasteiger partial charge in [-0.1, -0.05) is 6.07 Å². The Balaban J connectivity index is 2.43. The van der Waals surface area contributed by atoms with Crippen LogP contribution in [0, 0.1) is 0 Å². The summed E-state index contributed by atoms with van der Waals surface area (Å²) in [5.41, 5.74) is 0. The average Bonchev–Trinajstić information content (AvgIpc) is 2.50. The number of aliphatic hydroxyl groups is 1. The van der Waals surface area contributed by atoms with Gasteiger partial charge in [-0.25, -0.2) is 14.6 Å². The minimum absolute atomic E-state index is 0.115. The Morgan fingerprint density at radius 1 is 1.09 bits per heavy atom. The Kier molecular flexibility index (Phi) is 8.31. The number of pyridine rings is 1. The van der Waals surface area contributed by atoms with E-state index in [9.17, 15) is 9.59 Å². The number of hydrogen-bond acceptors (Lipinski definition) is 7. The predicted octanol–water partition coefficient (Wildman–Crippen LogP) is 1.21. The van der Waals surface area contributed by atoms with Crippen LogP contribution in [0.25, 0.3) is 0 Å². The van der Waals surface area contributed by atoms with Crippen LogP contribution in [0.15, 0.2) is 18.2 Å². The molecule has 0 radical (unpaired) electrons. The molecule has 0 saturated heterocycles. The molecule has 0 aliphatic heterocycles. The molecule has 0 aromatic carbocycles. The first-order valence-corrected chi connectivity index (χ1v) is 6.69. The highest BCUT2D eigenvalue weighted by molar-refractivity contribution is 5.85. The van der Waals surface area contributed by atoms with Crippen molar-refractivity contribution in [3.05, 3.63) is 18.2 Å². The minimum Gasteiger partial charge on any atom is -0.447 e.